The number of H-pyrrole nitrogens is 1. The van der Waals surface area contributed by atoms with Crippen LogP contribution in [0.2, 0.25) is 0 Å². The molecular formula is C27H26N2S. The van der Waals surface area contributed by atoms with Gasteiger partial charge in [-0.3, -0.25) is 0 Å². The van der Waals surface area contributed by atoms with Crippen molar-refractivity contribution in [2.24, 2.45) is 0 Å². The van der Waals surface area contributed by atoms with Crippen molar-refractivity contribution in [1.82, 2.24) is 9.97 Å². The highest BCUT2D eigenvalue weighted by molar-refractivity contribution is 7.26. The number of rotatable bonds is 4. The van der Waals surface area contributed by atoms with E-state index in [1.807, 2.05) is 23.6 Å². The van der Waals surface area contributed by atoms with Gasteiger partial charge < -0.3 is 4.98 Å². The van der Waals surface area contributed by atoms with Gasteiger partial charge in [0.1, 0.15) is 5.82 Å². The number of hydrogen-bond acceptors (Lipinski definition) is 2. The molecule has 30 heavy (non-hydrogen) atoms. The van der Waals surface area contributed by atoms with Gasteiger partial charge in [0.25, 0.3) is 0 Å². The van der Waals surface area contributed by atoms with Gasteiger partial charge in [-0.05, 0) is 35.1 Å². The van der Waals surface area contributed by atoms with E-state index in [2.05, 4.69) is 87.3 Å². The van der Waals surface area contributed by atoms with Crippen LogP contribution in [-0.4, -0.2) is 9.97 Å². The molecule has 5 aromatic rings. The zero-order chi connectivity index (χ0) is 20.8. The van der Waals surface area contributed by atoms with Crippen LogP contribution in [0.15, 0.2) is 66.9 Å². The standard InChI is InChI=1S/C27H26N2S/c1-16(2)20-14-21-19-12-8-9-13-23(19)30-26(21)24(17(3)4)25(20)22-15-28-27(29-22)18-10-6-5-7-11-18/h5-17H,1-4H3,(H,28,29). The van der Waals surface area contributed by atoms with Crippen molar-refractivity contribution >= 4 is 31.5 Å². The molecule has 0 unspecified atom stereocenters. The number of imidazole rings is 1. The number of benzene rings is 3. The zero-order valence-corrected chi connectivity index (χ0v) is 18.7. The van der Waals surface area contributed by atoms with Gasteiger partial charge in [-0.2, -0.15) is 0 Å². The van der Waals surface area contributed by atoms with E-state index < -0.39 is 0 Å². The third kappa shape index (κ3) is 3.05. The Bertz CT molecular complexity index is 1340. The summed E-state index contributed by atoms with van der Waals surface area (Å²) in [6.45, 7) is 9.19. The molecule has 2 aromatic heterocycles. The van der Waals surface area contributed by atoms with E-state index in [4.69, 9.17) is 4.98 Å². The fraction of sp³-hybridized carbons (Fsp3) is 0.222. The molecule has 2 nitrogen and oxygen atoms in total. The molecule has 0 saturated carbocycles. The Labute approximate surface area is 181 Å². The summed E-state index contributed by atoms with van der Waals surface area (Å²) in [6, 6.07) is 21.5. The van der Waals surface area contributed by atoms with Crippen LogP contribution in [0.3, 0.4) is 0 Å². The number of thiophene rings is 1. The molecule has 1 N–H and O–H groups in total. The van der Waals surface area contributed by atoms with Crippen molar-refractivity contribution in [2.75, 3.05) is 0 Å². The first kappa shape index (κ1) is 19.1. The largest absolute Gasteiger partial charge is 0.338 e. The van der Waals surface area contributed by atoms with Gasteiger partial charge in [0.05, 0.1) is 11.9 Å². The van der Waals surface area contributed by atoms with Crippen molar-refractivity contribution in [2.45, 2.75) is 39.5 Å². The molecular weight excluding hydrogens is 384 g/mol. The lowest BCUT2D eigenvalue weighted by Gasteiger charge is -2.20. The second-order valence-corrected chi connectivity index (χ2v) is 9.60. The average molecular weight is 411 g/mol. The molecule has 0 aliphatic rings. The fourth-order valence-electron chi connectivity index (χ4n) is 4.40. The summed E-state index contributed by atoms with van der Waals surface area (Å²) in [5, 5.41) is 2.75. The highest BCUT2D eigenvalue weighted by Gasteiger charge is 2.23. The Morgan fingerprint density at radius 3 is 2.30 bits per heavy atom. The van der Waals surface area contributed by atoms with Crippen LogP contribution in [0.1, 0.15) is 50.7 Å². The van der Waals surface area contributed by atoms with Gasteiger partial charge in [0, 0.05) is 31.3 Å². The van der Waals surface area contributed by atoms with Gasteiger partial charge in [-0.15, -0.1) is 11.3 Å². The minimum Gasteiger partial charge on any atom is -0.338 e. The van der Waals surface area contributed by atoms with Crippen molar-refractivity contribution in [3.63, 3.8) is 0 Å². The SMILES string of the molecule is CC(C)c1cc2c(sc3ccccc32)c(C(C)C)c1-c1cnc(-c2ccccc2)[nH]1. The minimum atomic E-state index is 0.415. The molecule has 0 radical (unpaired) electrons. The van der Waals surface area contributed by atoms with Gasteiger partial charge in [0.15, 0.2) is 0 Å². The monoisotopic (exact) mass is 410 g/mol. The molecule has 0 aliphatic heterocycles. The van der Waals surface area contributed by atoms with Crippen LogP contribution in [0.5, 0.6) is 0 Å². The van der Waals surface area contributed by atoms with Crippen molar-refractivity contribution in [3.8, 4) is 22.6 Å². The molecule has 3 aromatic carbocycles. The quantitative estimate of drug-likeness (QED) is 0.317. The van der Waals surface area contributed by atoms with Crippen LogP contribution in [-0.2, 0) is 0 Å². The Morgan fingerprint density at radius 1 is 0.833 bits per heavy atom. The lowest BCUT2D eigenvalue weighted by atomic mass is 9.85. The average Bonchev–Trinajstić information content (AvgIpc) is 3.37. The summed E-state index contributed by atoms with van der Waals surface area (Å²) in [6.07, 6.45) is 2.01. The minimum absolute atomic E-state index is 0.415. The predicted octanol–water partition coefficient (Wildman–Crippen LogP) is 8.36. The van der Waals surface area contributed by atoms with E-state index in [1.54, 1.807) is 0 Å². The van der Waals surface area contributed by atoms with Crippen molar-refractivity contribution in [1.29, 1.82) is 0 Å². The van der Waals surface area contributed by atoms with Gasteiger partial charge >= 0.3 is 0 Å². The van der Waals surface area contributed by atoms with E-state index in [1.165, 1.54) is 36.9 Å². The van der Waals surface area contributed by atoms with E-state index in [0.717, 1.165) is 17.1 Å². The molecule has 2 heterocycles. The first-order chi connectivity index (χ1) is 14.5. The second kappa shape index (κ2) is 7.41. The van der Waals surface area contributed by atoms with Crippen molar-refractivity contribution in [3.05, 3.63) is 78.0 Å². The Kier molecular flexibility index (Phi) is 4.71. The lowest BCUT2D eigenvalue weighted by molar-refractivity contribution is 0.845. The summed E-state index contributed by atoms with van der Waals surface area (Å²) in [5.74, 6) is 1.76. The summed E-state index contributed by atoms with van der Waals surface area (Å²) in [7, 11) is 0. The Balaban J connectivity index is 1.83. The van der Waals surface area contributed by atoms with Gasteiger partial charge in [-0.1, -0.05) is 76.2 Å². The van der Waals surface area contributed by atoms with Crippen molar-refractivity contribution < 1.29 is 0 Å². The number of aromatic amines is 1. The highest BCUT2D eigenvalue weighted by Crippen LogP contribution is 2.46. The number of aromatic nitrogens is 2. The Hall–Kier alpha value is -2.91. The predicted molar refractivity (Wildman–Crippen MR) is 131 cm³/mol. The van der Waals surface area contributed by atoms with E-state index in [0.29, 0.717) is 11.8 Å². The smallest absolute Gasteiger partial charge is 0.137 e. The third-order valence-corrected chi connectivity index (χ3v) is 7.05. The zero-order valence-electron chi connectivity index (χ0n) is 17.9. The maximum atomic E-state index is 4.73. The number of fused-ring (bicyclic) bond motifs is 3. The second-order valence-electron chi connectivity index (χ2n) is 8.55. The maximum Gasteiger partial charge on any atom is 0.137 e. The molecule has 0 atom stereocenters. The topological polar surface area (TPSA) is 28.7 Å². The molecule has 0 saturated heterocycles. The summed E-state index contributed by atoms with van der Waals surface area (Å²) in [5.41, 5.74) is 6.37. The first-order valence-electron chi connectivity index (χ1n) is 10.6. The fourth-order valence-corrected chi connectivity index (χ4v) is 5.78. The summed E-state index contributed by atoms with van der Waals surface area (Å²) >= 11 is 1.91. The van der Waals surface area contributed by atoms with Crippen LogP contribution in [0, 0.1) is 0 Å². The molecule has 0 amide bonds. The molecule has 0 bridgehead atoms. The number of hydrogen-bond donors (Lipinski definition) is 1. The van der Waals surface area contributed by atoms with E-state index in [9.17, 15) is 0 Å². The molecule has 5 rings (SSSR count). The van der Waals surface area contributed by atoms with Crippen LogP contribution in [0.4, 0.5) is 0 Å². The Morgan fingerprint density at radius 2 is 1.57 bits per heavy atom. The third-order valence-electron chi connectivity index (χ3n) is 5.83. The molecule has 0 spiro atoms. The first-order valence-corrected chi connectivity index (χ1v) is 11.4. The number of nitrogens with zero attached hydrogens (tertiary/aromatic N) is 1. The molecule has 150 valence electrons. The number of nitrogens with one attached hydrogen (secondary N) is 1. The molecule has 0 fully saturated rings. The normalized spacial score (nSPS) is 11.9. The molecule has 0 aliphatic carbocycles. The summed E-state index contributed by atoms with van der Waals surface area (Å²) < 4.78 is 2.76. The van der Waals surface area contributed by atoms with E-state index in [-0.39, 0.29) is 0 Å². The summed E-state index contributed by atoms with van der Waals surface area (Å²) in [4.78, 5) is 8.36. The van der Waals surface area contributed by atoms with Crippen LogP contribution in [0.25, 0.3) is 42.8 Å². The van der Waals surface area contributed by atoms with Crippen LogP contribution < -0.4 is 0 Å². The van der Waals surface area contributed by atoms with Gasteiger partial charge in [-0.25, -0.2) is 4.98 Å². The highest BCUT2D eigenvalue weighted by atomic mass is 32.1. The molecule has 3 heteroatoms. The lowest BCUT2D eigenvalue weighted by Crippen LogP contribution is -2.01. The van der Waals surface area contributed by atoms with Gasteiger partial charge in [0.2, 0.25) is 0 Å². The van der Waals surface area contributed by atoms with Crippen LogP contribution >= 0.6 is 11.3 Å². The van der Waals surface area contributed by atoms with E-state index >= 15 is 0 Å². The maximum absolute atomic E-state index is 4.73.